The zero-order valence-electron chi connectivity index (χ0n) is 15.7. The number of hydrogen-bond acceptors (Lipinski definition) is 3. The van der Waals surface area contributed by atoms with Gasteiger partial charge in [0.15, 0.2) is 5.96 Å². The van der Waals surface area contributed by atoms with E-state index >= 15 is 0 Å². The van der Waals surface area contributed by atoms with Crippen molar-refractivity contribution in [3.05, 3.63) is 30.3 Å². The van der Waals surface area contributed by atoms with Crippen LogP contribution in [0.3, 0.4) is 0 Å². The monoisotopic (exact) mass is 350 g/mol. The lowest BCUT2D eigenvalue weighted by Gasteiger charge is -2.18. The van der Waals surface area contributed by atoms with Crippen LogP contribution in [-0.2, 0) is 0 Å². The van der Waals surface area contributed by atoms with Crippen molar-refractivity contribution >= 4 is 17.7 Å². The minimum absolute atomic E-state index is 0.494. The van der Waals surface area contributed by atoms with Gasteiger partial charge in [-0.15, -0.1) is 11.8 Å². The van der Waals surface area contributed by atoms with Gasteiger partial charge in [0.05, 0.1) is 0 Å². The van der Waals surface area contributed by atoms with Gasteiger partial charge in [0.2, 0.25) is 0 Å². The first-order chi connectivity index (χ1) is 11.7. The standard InChI is InChI=1S/C19H34N4S/c1-5-23(6-2)15-11-10-14-21-19(20-4)22-16-17(3)24-18-12-8-7-9-13-18/h7-9,12-13,17H,5-6,10-11,14-16H2,1-4H3,(H2,20,21,22). The Morgan fingerprint density at radius 1 is 1.12 bits per heavy atom. The molecule has 0 spiro atoms. The number of unbranched alkanes of at least 4 members (excludes halogenated alkanes) is 1. The lowest BCUT2D eigenvalue weighted by molar-refractivity contribution is 0.297. The van der Waals surface area contributed by atoms with Gasteiger partial charge < -0.3 is 15.5 Å². The number of benzene rings is 1. The maximum atomic E-state index is 4.31. The SMILES string of the molecule is CCN(CC)CCCCNC(=NC)NCC(C)Sc1ccccc1. The zero-order valence-corrected chi connectivity index (χ0v) is 16.5. The van der Waals surface area contributed by atoms with Crippen molar-refractivity contribution < 1.29 is 0 Å². The van der Waals surface area contributed by atoms with E-state index in [0.717, 1.165) is 32.1 Å². The highest BCUT2D eigenvalue weighted by molar-refractivity contribution is 8.00. The first-order valence-electron chi connectivity index (χ1n) is 9.08. The molecule has 1 aromatic rings. The molecule has 24 heavy (non-hydrogen) atoms. The van der Waals surface area contributed by atoms with Crippen LogP contribution in [0.1, 0.15) is 33.6 Å². The van der Waals surface area contributed by atoms with Crippen LogP contribution in [0, 0.1) is 0 Å². The highest BCUT2D eigenvalue weighted by Gasteiger charge is 2.05. The third kappa shape index (κ3) is 9.18. The lowest BCUT2D eigenvalue weighted by Crippen LogP contribution is -2.40. The molecule has 1 unspecified atom stereocenters. The fraction of sp³-hybridized carbons (Fsp3) is 0.632. The molecule has 1 rings (SSSR count). The van der Waals surface area contributed by atoms with Gasteiger partial charge in [-0.05, 0) is 44.6 Å². The number of nitrogens with zero attached hydrogens (tertiary/aromatic N) is 2. The van der Waals surface area contributed by atoms with Crippen molar-refractivity contribution in [1.29, 1.82) is 0 Å². The Labute approximate surface area is 152 Å². The summed E-state index contributed by atoms with van der Waals surface area (Å²) < 4.78 is 0. The molecule has 2 N–H and O–H groups in total. The van der Waals surface area contributed by atoms with Crippen LogP contribution in [0.15, 0.2) is 40.2 Å². The van der Waals surface area contributed by atoms with Crippen molar-refractivity contribution in [2.45, 2.75) is 43.8 Å². The quantitative estimate of drug-likeness (QED) is 0.277. The number of hydrogen-bond donors (Lipinski definition) is 2. The van der Waals surface area contributed by atoms with E-state index in [2.05, 4.69) is 71.6 Å². The molecular weight excluding hydrogens is 316 g/mol. The molecule has 0 aliphatic rings. The van der Waals surface area contributed by atoms with Gasteiger partial charge in [0, 0.05) is 30.3 Å². The lowest BCUT2D eigenvalue weighted by atomic mass is 10.3. The minimum atomic E-state index is 0.494. The Kier molecular flexibility index (Phi) is 11.4. The van der Waals surface area contributed by atoms with Crippen LogP contribution < -0.4 is 10.6 Å². The Morgan fingerprint density at radius 2 is 1.83 bits per heavy atom. The summed E-state index contributed by atoms with van der Waals surface area (Å²) in [5.41, 5.74) is 0. The summed E-state index contributed by atoms with van der Waals surface area (Å²) in [6.45, 7) is 12.0. The molecule has 0 fully saturated rings. The highest BCUT2D eigenvalue weighted by atomic mass is 32.2. The summed E-state index contributed by atoms with van der Waals surface area (Å²) in [4.78, 5) is 8.09. The van der Waals surface area contributed by atoms with Gasteiger partial charge in [-0.2, -0.15) is 0 Å². The average molecular weight is 351 g/mol. The van der Waals surface area contributed by atoms with E-state index in [0.29, 0.717) is 5.25 Å². The maximum absolute atomic E-state index is 4.31. The van der Waals surface area contributed by atoms with Crippen molar-refractivity contribution in [2.24, 2.45) is 4.99 Å². The summed E-state index contributed by atoms with van der Waals surface area (Å²) in [5, 5.41) is 7.32. The van der Waals surface area contributed by atoms with Crippen LogP contribution in [0.25, 0.3) is 0 Å². The smallest absolute Gasteiger partial charge is 0.191 e. The van der Waals surface area contributed by atoms with Crippen LogP contribution >= 0.6 is 11.8 Å². The van der Waals surface area contributed by atoms with Gasteiger partial charge in [-0.3, -0.25) is 4.99 Å². The molecule has 5 heteroatoms. The molecule has 0 heterocycles. The molecular formula is C19H34N4S. The normalized spacial score (nSPS) is 13.1. The van der Waals surface area contributed by atoms with Crippen molar-refractivity contribution in [1.82, 2.24) is 15.5 Å². The van der Waals surface area contributed by atoms with E-state index in [1.165, 1.54) is 24.3 Å². The second-order valence-corrected chi connectivity index (χ2v) is 7.37. The van der Waals surface area contributed by atoms with E-state index in [1.54, 1.807) is 0 Å². The van der Waals surface area contributed by atoms with Crippen molar-refractivity contribution in [3.63, 3.8) is 0 Å². The Hall–Kier alpha value is -1.20. The Balaban J connectivity index is 2.16. The van der Waals surface area contributed by atoms with Crippen molar-refractivity contribution in [3.8, 4) is 0 Å². The number of aliphatic imine (C=N–C) groups is 1. The number of rotatable bonds is 11. The summed E-state index contributed by atoms with van der Waals surface area (Å²) in [6, 6.07) is 10.5. The van der Waals surface area contributed by atoms with Crippen LogP contribution in [0.5, 0.6) is 0 Å². The summed E-state index contributed by atoms with van der Waals surface area (Å²) in [5.74, 6) is 0.901. The maximum Gasteiger partial charge on any atom is 0.191 e. The molecule has 136 valence electrons. The molecule has 0 aliphatic carbocycles. The Morgan fingerprint density at radius 3 is 2.46 bits per heavy atom. The van der Waals surface area contributed by atoms with E-state index in [-0.39, 0.29) is 0 Å². The summed E-state index contributed by atoms with van der Waals surface area (Å²) >= 11 is 1.89. The van der Waals surface area contributed by atoms with Crippen molar-refractivity contribution in [2.75, 3.05) is 39.8 Å². The van der Waals surface area contributed by atoms with Gasteiger partial charge in [-0.25, -0.2) is 0 Å². The third-order valence-electron chi connectivity index (χ3n) is 3.95. The van der Waals surface area contributed by atoms with E-state index in [4.69, 9.17) is 0 Å². The Bertz CT molecular complexity index is 446. The topological polar surface area (TPSA) is 39.7 Å². The number of thioether (sulfide) groups is 1. The van der Waals surface area contributed by atoms with E-state index in [9.17, 15) is 0 Å². The molecule has 4 nitrogen and oxygen atoms in total. The van der Waals surface area contributed by atoms with Crippen LogP contribution in [0.2, 0.25) is 0 Å². The first kappa shape index (κ1) is 20.8. The predicted molar refractivity (Wildman–Crippen MR) is 108 cm³/mol. The van der Waals surface area contributed by atoms with E-state index in [1.807, 2.05) is 18.8 Å². The van der Waals surface area contributed by atoms with Gasteiger partial charge in [0.25, 0.3) is 0 Å². The predicted octanol–water partition coefficient (Wildman–Crippen LogP) is 3.45. The molecule has 0 aliphatic heterocycles. The fourth-order valence-corrected chi connectivity index (χ4v) is 3.39. The summed E-state index contributed by atoms with van der Waals surface area (Å²) in [6.07, 6.45) is 2.40. The largest absolute Gasteiger partial charge is 0.356 e. The molecule has 0 bridgehead atoms. The van der Waals surface area contributed by atoms with Crippen LogP contribution in [-0.4, -0.2) is 55.9 Å². The zero-order chi connectivity index (χ0) is 17.6. The molecule has 0 amide bonds. The second kappa shape index (κ2) is 13.1. The molecule has 1 aromatic carbocycles. The molecule has 1 atom stereocenters. The average Bonchev–Trinajstić information content (AvgIpc) is 2.61. The third-order valence-corrected chi connectivity index (χ3v) is 5.06. The fourth-order valence-electron chi connectivity index (χ4n) is 2.44. The van der Waals surface area contributed by atoms with Gasteiger partial charge in [-0.1, -0.05) is 39.0 Å². The summed E-state index contributed by atoms with van der Waals surface area (Å²) in [7, 11) is 1.83. The van der Waals surface area contributed by atoms with Gasteiger partial charge in [0.1, 0.15) is 0 Å². The van der Waals surface area contributed by atoms with E-state index < -0.39 is 0 Å². The molecule has 0 radical (unpaired) electrons. The number of guanidine groups is 1. The second-order valence-electron chi connectivity index (χ2n) is 5.86. The molecule has 0 aromatic heterocycles. The number of nitrogens with one attached hydrogen (secondary N) is 2. The molecule has 0 saturated heterocycles. The first-order valence-corrected chi connectivity index (χ1v) is 9.96. The minimum Gasteiger partial charge on any atom is -0.356 e. The molecule has 0 saturated carbocycles. The highest BCUT2D eigenvalue weighted by Crippen LogP contribution is 2.21. The van der Waals surface area contributed by atoms with Crippen LogP contribution in [0.4, 0.5) is 0 Å². The van der Waals surface area contributed by atoms with Gasteiger partial charge >= 0.3 is 0 Å².